The fourth-order valence-corrected chi connectivity index (χ4v) is 3.27. The van der Waals surface area contributed by atoms with Crippen LogP contribution >= 0.6 is 11.3 Å². The standard InChI is InChI=1S/C18H25N3O3S/c1-4-21(5-2)14(15-8-6-10-24-15)12-19-17(22)13(3)20-18(23)16-9-7-11-25-16/h6-11,13-14H,4-5,12H2,1-3H3,(H,19,22)(H,20,23)/t13-,14-/m0/s1. The van der Waals surface area contributed by atoms with E-state index in [-0.39, 0.29) is 17.9 Å². The van der Waals surface area contributed by atoms with Crippen LogP contribution < -0.4 is 10.6 Å². The highest BCUT2D eigenvalue weighted by Crippen LogP contribution is 2.20. The molecule has 2 atom stereocenters. The molecular weight excluding hydrogens is 338 g/mol. The van der Waals surface area contributed by atoms with Crippen molar-refractivity contribution in [2.45, 2.75) is 32.9 Å². The van der Waals surface area contributed by atoms with Gasteiger partial charge < -0.3 is 15.1 Å². The number of rotatable bonds is 9. The molecule has 0 fully saturated rings. The molecule has 0 radical (unpaired) electrons. The molecule has 0 unspecified atom stereocenters. The molecule has 25 heavy (non-hydrogen) atoms. The Morgan fingerprint density at radius 1 is 1.24 bits per heavy atom. The van der Waals surface area contributed by atoms with Crippen molar-refractivity contribution in [3.8, 4) is 0 Å². The molecule has 0 saturated carbocycles. The number of hydrogen-bond donors (Lipinski definition) is 2. The smallest absolute Gasteiger partial charge is 0.261 e. The second-order valence-corrected chi connectivity index (χ2v) is 6.62. The van der Waals surface area contributed by atoms with Crippen molar-refractivity contribution in [1.82, 2.24) is 15.5 Å². The van der Waals surface area contributed by atoms with Gasteiger partial charge in [-0.2, -0.15) is 0 Å². The molecule has 0 aliphatic carbocycles. The maximum absolute atomic E-state index is 12.3. The van der Waals surface area contributed by atoms with Crippen LogP contribution in [0.4, 0.5) is 0 Å². The number of nitrogens with one attached hydrogen (secondary N) is 2. The highest BCUT2D eigenvalue weighted by Gasteiger charge is 2.23. The minimum Gasteiger partial charge on any atom is -0.468 e. The summed E-state index contributed by atoms with van der Waals surface area (Å²) in [4.78, 5) is 27.2. The molecule has 7 heteroatoms. The zero-order chi connectivity index (χ0) is 18.2. The molecule has 0 aliphatic heterocycles. The van der Waals surface area contributed by atoms with E-state index in [2.05, 4.69) is 29.4 Å². The number of likely N-dealkylation sites (N-methyl/N-ethyl adjacent to an activating group) is 1. The van der Waals surface area contributed by atoms with Crippen molar-refractivity contribution in [1.29, 1.82) is 0 Å². The molecule has 0 bridgehead atoms. The molecular formula is C18H25N3O3S. The Bertz CT molecular complexity index is 651. The van der Waals surface area contributed by atoms with Crippen LogP contribution in [-0.2, 0) is 4.79 Å². The van der Waals surface area contributed by atoms with Gasteiger partial charge >= 0.3 is 0 Å². The quantitative estimate of drug-likeness (QED) is 0.718. The van der Waals surface area contributed by atoms with Gasteiger partial charge in [-0.3, -0.25) is 14.5 Å². The number of nitrogens with zero attached hydrogens (tertiary/aromatic N) is 1. The summed E-state index contributed by atoms with van der Waals surface area (Å²) in [5, 5.41) is 7.47. The Labute approximate surface area is 152 Å². The van der Waals surface area contributed by atoms with Crippen molar-refractivity contribution in [3.63, 3.8) is 0 Å². The maximum atomic E-state index is 12.3. The molecule has 136 valence electrons. The Morgan fingerprint density at radius 3 is 2.56 bits per heavy atom. The molecule has 0 aliphatic rings. The van der Waals surface area contributed by atoms with Gasteiger partial charge in [0.05, 0.1) is 17.2 Å². The summed E-state index contributed by atoms with van der Waals surface area (Å²) in [6.07, 6.45) is 1.64. The van der Waals surface area contributed by atoms with Crippen molar-refractivity contribution < 1.29 is 14.0 Å². The summed E-state index contributed by atoms with van der Waals surface area (Å²) in [5.74, 6) is 0.372. The molecule has 2 aromatic rings. The molecule has 2 rings (SSSR count). The van der Waals surface area contributed by atoms with Crippen LogP contribution in [0, 0.1) is 0 Å². The average Bonchev–Trinajstić information content (AvgIpc) is 3.31. The Morgan fingerprint density at radius 2 is 2.00 bits per heavy atom. The number of hydrogen-bond acceptors (Lipinski definition) is 5. The average molecular weight is 363 g/mol. The third kappa shape index (κ3) is 5.17. The van der Waals surface area contributed by atoms with Crippen LogP contribution in [0.5, 0.6) is 0 Å². The maximum Gasteiger partial charge on any atom is 0.261 e. The predicted molar refractivity (Wildman–Crippen MR) is 98.6 cm³/mol. The first-order valence-electron chi connectivity index (χ1n) is 8.46. The van der Waals surface area contributed by atoms with E-state index in [9.17, 15) is 9.59 Å². The lowest BCUT2D eigenvalue weighted by molar-refractivity contribution is -0.122. The van der Waals surface area contributed by atoms with Gasteiger partial charge in [0.2, 0.25) is 5.91 Å². The Hall–Kier alpha value is -2.12. The van der Waals surface area contributed by atoms with E-state index in [1.807, 2.05) is 23.6 Å². The van der Waals surface area contributed by atoms with E-state index in [4.69, 9.17) is 4.42 Å². The predicted octanol–water partition coefficient (Wildman–Crippen LogP) is 2.66. The van der Waals surface area contributed by atoms with E-state index < -0.39 is 6.04 Å². The second kappa shape index (κ2) is 9.39. The lowest BCUT2D eigenvalue weighted by atomic mass is 10.1. The monoisotopic (exact) mass is 363 g/mol. The lowest BCUT2D eigenvalue weighted by Crippen LogP contribution is -2.47. The fourth-order valence-electron chi connectivity index (χ4n) is 2.65. The van der Waals surface area contributed by atoms with Crippen LogP contribution in [0.3, 0.4) is 0 Å². The fraction of sp³-hybridized carbons (Fsp3) is 0.444. The first-order chi connectivity index (χ1) is 12.1. The summed E-state index contributed by atoms with van der Waals surface area (Å²) < 4.78 is 5.53. The second-order valence-electron chi connectivity index (χ2n) is 5.67. The molecule has 2 aromatic heterocycles. The number of carbonyl (C=O) groups is 2. The van der Waals surface area contributed by atoms with Crippen LogP contribution in [-0.4, -0.2) is 42.4 Å². The summed E-state index contributed by atoms with van der Waals surface area (Å²) in [6, 6.07) is 6.66. The topological polar surface area (TPSA) is 74.6 Å². The van der Waals surface area contributed by atoms with Crippen LogP contribution in [0.25, 0.3) is 0 Å². The largest absolute Gasteiger partial charge is 0.468 e. The third-order valence-corrected chi connectivity index (χ3v) is 4.95. The van der Waals surface area contributed by atoms with Gasteiger partial charge in [-0.05, 0) is 43.6 Å². The van der Waals surface area contributed by atoms with Crippen molar-refractivity contribution in [3.05, 3.63) is 46.5 Å². The van der Waals surface area contributed by atoms with Crippen molar-refractivity contribution in [2.75, 3.05) is 19.6 Å². The SMILES string of the molecule is CCN(CC)[C@@H](CNC(=O)[C@H](C)NC(=O)c1cccs1)c1ccco1. The molecule has 2 heterocycles. The van der Waals surface area contributed by atoms with E-state index in [0.29, 0.717) is 11.4 Å². The van der Waals surface area contributed by atoms with Crippen molar-refractivity contribution in [2.24, 2.45) is 0 Å². The van der Waals surface area contributed by atoms with E-state index >= 15 is 0 Å². The molecule has 2 N–H and O–H groups in total. The van der Waals surface area contributed by atoms with Crippen LogP contribution in [0.2, 0.25) is 0 Å². The Balaban J connectivity index is 1.92. The van der Waals surface area contributed by atoms with Gasteiger partial charge in [0, 0.05) is 6.54 Å². The van der Waals surface area contributed by atoms with Gasteiger partial charge in [-0.15, -0.1) is 11.3 Å². The zero-order valence-corrected chi connectivity index (χ0v) is 15.6. The Kier molecular flexibility index (Phi) is 7.21. The van der Waals surface area contributed by atoms with Gasteiger partial charge in [-0.1, -0.05) is 19.9 Å². The number of amides is 2. The minimum absolute atomic E-state index is 0.0332. The minimum atomic E-state index is -0.608. The summed E-state index contributed by atoms with van der Waals surface area (Å²) in [5.41, 5.74) is 0. The molecule has 0 aromatic carbocycles. The van der Waals surface area contributed by atoms with Gasteiger partial charge in [0.1, 0.15) is 11.8 Å². The van der Waals surface area contributed by atoms with Gasteiger partial charge in [-0.25, -0.2) is 0 Å². The van der Waals surface area contributed by atoms with E-state index in [1.54, 1.807) is 19.3 Å². The van der Waals surface area contributed by atoms with Gasteiger partial charge in [0.25, 0.3) is 5.91 Å². The molecule has 0 saturated heterocycles. The number of carbonyl (C=O) groups excluding carboxylic acids is 2. The zero-order valence-electron chi connectivity index (χ0n) is 14.8. The van der Waals surface area contributed by atoms with Crippen LogP contribution in [0.1, 0.15) is 42.2 Å². The highest BCUT2D eigenvalue weighted by molar-refractivity contribution is 7.12. The molecule has 0 spiro atoms. The normalized spacial score (nSPS) is 13.4. The lowest BCUT2D eigenvalue weighted by Gasteiger charge is -2.28. The summed E-state index contributed by atoms with van der Waals surface area (Å²) in [6.45, 7) is 7.95. The van der Waals surface area contributed by atoms with Gasteiger partial charge in [0.15, 0.2) is 0 Å². The first kappa shape index (κ1) is 19.2. The van der Waals surface area contributed by atoms with Crippen LogP contribution in [0.15, 0.2) is 40.3 Å². The molecule has 6 nitrogen and oxygen atoms in total. The first-order valence-corrected chi connectivity index (χ1v) is 9.34. The highest BCUT2D eigenvalue weighted by atomic mass is 32.1. The summed E-state index contributed by atoms with van der Waals surface area (Å²) in [7, 11) is 0. The van der Waals surface area contributed by atoms with E-state index in [0.717, 1.165) is 18.8 Å². The number of furan rings is 1. The molecule has 2 amide bonds. The third-order valence-electron chi connectivity index (χ3n) is 4.08. The van der Waals surface area contributed by atoms with E-state index in [1.165, 1.54) is 11.3 Å². The summed E-state index contributed by atoms with van der Waals surface area (Å²) >= 11 is 1.35. The van der Waals surface area contributed by atoms with Crippen molar-refractivity contribution >= 4 is 23.2 Å². The number of thiophene rings is 1.